The normalized spacial score (nSPS) is 25.2. The van der Waals surface area contributed by atoms with Crippen LogP contribution in [0.5, 0.6) is 0 Å². The summed E-state index contributed by atoms with van der Waals surface area (Å²) in [5.74, 6) is -2.74. The zero-order valence-corrected chi connectivity index (χ0v) is 30.8. The van der Waals surface area contributed by atoms with Gasteiger partial charge in [-0.2, -0.15) is 5.26 Å². The Morgan fingerprint density at radius 3 is 2.66 bits per heavy atom. The molecule has 6 heterocycles. The molecule has 2 aliphatic heterocycles. The molecule has 2 saturated heterocycles. The van der Waals surface area contributed by atoms with Crippen LogP contribution in [-0.4, -0.2) is 86.3 Å². The number of benzene rings is 1. The highest BCUT2D eigenvalue weighted by Gasteiger charge is 2.53. The molecule has 53 heavy (non-hydrogen) atoms. The third-order valence-corrected chi connectivity index (χ3v) is 11.3. The average molecular weight is 805 g/mol. The third kappa shape index (κ3) is 8.47. The fourth-order valence-electron chi connectivity index (χ4n) is 5.69. The van der Waals surface area contributed by atoms with Crippen LogP contribution in [0.1, 0.15) is 48.5 Å². The van der Waals surface area contributed by atoms with E-state index >= 15 is 0 Å². The molecule has 5 aromatic rings. The van der Waals surface area contributed by atoms with Crippen LogP contribution in [0, 0.1) is 11.3 Å². The molecule has 278 valence electrons. The first-order valence-corrected chi connectivity index (χ1v) is 21.1. The number of carbonyl (C=O) groups is 1. The second-order valence-electron chi connectivity index (χ2n) is 11.7. The van der Waals surface area contributed by atoms with Gasteiger partial charge >= 0.3 is 13.5 Å². The smallest absolute Gasteiger partial charge is 0.362 e. The van der Waals surface area contributed by atoms with Gasteiger partial charge in [0.15, 0.2) is 28.9 Å². The van der Waals surface area contributed by atoms with E-state index in [1.165, 1.54) is 23.5 Å². The number of carbonyl (C=O) groups excluding carboxylic acids is 1. The Kier molecular flexibility index (Phi) is 11.0. The zero-order valence-electron chi connectivity index (χ0n) is 27.3. The highest BCUT2D eigenvalue weighted by Crippen LogP contribution is 2.60. The molecular weight excluding hydrogens is 774 g/mol. The summed E-state index contributed by atoms with van der Waals surface area (Å²) in [6, 6.07) is 10.4. The number of aliphatic hydroxyl groups is 1. The van der Waals surface area contributed by atoms with E-state index in [1.807, 2.05) is 6.07 Å². The molecular formula is C29H30N10O10P2S2. The minimum atomic E-state index is -4.33. The number of fused-ring (bicyclic) bond motifs is 2. The van der Waals surface area contributed by atoms with Crippen molar-refractivity contribution in [2.75, 3.05) is 18.5 Å². The van der Waals surface area contributed by atoms with Crippen LogP contribution in [-0.2, 0) is 43.9 Å². The molecule has 3 N–H and O–H groups in total. The molecule has 24 heteroatoms. The maximum atomic E-state index is 13.8. The van der Waals surface area contributed by atoms with E-state index in [4.69, 9.17) is 44.6 Å². The Balaban J connectivity index is 1.09. The summed E-state index contributed by atoms with van der Waals surface area (Å²) in [6.45, 7) is -9.36. The van der Waals surface area contributed by atoms with Crippen molar-refractivity contribution in [1.29, 1.82) is 5.26 Å². The molecule has 0 bridgehead atoms. The Hall–Kier alpha value is -3.81. The van der Waals surface area contributed by atoms with Crippen molar-refractivity contribution in [3.63, 3.8) is 0 Å². The van der Waals surface area contributed by atoms with Crippen molar-refractivity contribution < 1.29 is 46.9 Å². The standard InChI is InChI=1S/C29H30N10O10P2S2/c30-9-4-10-44-50(42,52)45-13-29(41)20(48-51(43,53)49-23-8-7-21(46-23)38-16-35-19-12-31-14-33-26(19)38)11-22(47-29)39-17-36-24-25(32-15-34-27(24)39)37-28(40)18-5-2-1-3-6-18/h1-3,5-6,12,14-17,20-23,41H,4,7-8,10-11,13H2,(H,42,52)(H,43,53)(H,32,34,37,40)/t20-,21+,22+,23?,29?,50?,51?/m0/s1. The van der Waals surface area contributed by atoms with Gasteiger partial charge in [0.2, 0.25) is 5.79 Å². The molecule has 4 unspecified atom stereocenters. The minimum Gasteiger partial charge on any atom is -0.362 e. The SMILES string of the molecule is N#CCCOP(O)(=S)OCC1(O)O[C@@H](n2cnc3c(NC(=O)c4ccccc4)ncnc32)C[C@@H]1OP(=O)(S)OC1CC[C@H](n2cnc3cncnc32)O1. The summed E-state index contributed by atoms with van der Waals surface area (Å²) >= 11 is 9.21. The Morgan fingerprint density at radius 2 is 1.85 bits per heavy atom. The van der Waals surface area contributed by atoms with E-state index in [9.17, 15) is 19.4 Å². The van der Waals surface area contributed by atoms with Crippen molar-refractivity contribution in [2.45, 2.75) is 56.3 Å². The third-order valence-electron chi connectivity index (χ3n) is 8.12. The number of hydrogen-bond acceptors (Lipinski definition) is 17. The molecule has 1 amide bonds. The van der Waals surface area contributed by atoms with E-state index in [0.29, 0.717) is 29.6 Å². The summed E-state index contributed by atoms with van der Waals surface area (Å²) in [6.07, 6.45) is 3.39. The summed E-state index contributed by atoms with van der Waals surface area (Å²) < 4.78 is 50.9. The summed E-state index contributed by atoms with van der Waals surface area (Å²) in [5.41, 5.74) is 1.91. The number of imidazole rings is 2. The number of ether oxygens (including phenoxy) is 2. The highest BCUT2D eigenvalue weighted by atomic mass is 32.7. The van der Waals surface area contributed by atoms with Crippen LogP contribution in [0.25, 0.3) is 22.3 Å². The molecule has 0 radical (unpaired) electrons. The monoisotopic (exact) mass is 804 g/mol. The fourth-order valence-corrected chi connectivity index (χ4v) is 8.55. The fraction of sp³-hybridized carbons (Fsp3) is 0.379. The predicted octanol–water partition coefficient (Wildman–Crippen LogP) is 3.76. The molecule has 1 aromatic carbocycles. The van der Waals surface area contributed by atoms with Gasteiger partial charge in [-0.05, 0) is 30.4 Å². The highest BCUT2D eigenvalue weighted by molar-refractivity contribution is 8.44. The van der Waals surface area contributed by atoms with Crippen molar-refractivity contribution in [3.8, 4) is 6.07 Å². The number of hydrogen-bond donors (Lipinski definition) is 4. The van der Waals surface area contributed by atoms with Gasteiger partial charge in [0.1, 0.15) is 43.3 Å². The number of rotatable bonds is 14. The zero-order chi connectivity index (χ0) is 37.2. The van der Waals surface area contributed by atoms with Crippen molar-refractivity contribution in [1.82, 2.24) is 39.0 Å². The summed E-state index contributed by atoms with van der Waals surface area (Å²) in [7, 11) is 0. The number of nitrogens with zero attached hydrogens (tertiary/aromatic N) is 9. The van der Waals surface area contributed by atoms with Crippen LogP contribution in [0.3, 0.4) is 0 Å². The molecule has 2 fully saturated rings. The second-order valence-corrected chi connectivity index (χ2v) is 17.3. The number of aromatic nitrogens is 8. The number of thiol groups is 1. The lowest BCUT2D eigenvalue weighted by molar-refractivity contribution is -0.248. The van der Waals surface area contributed by atoms with Crippen LogP contribution < -0.4 is 5.32 Å². The summed E-state index contributed by atoms with van der Waals surface area (Å²) in [5, 5.41) is 23.3. The Bertz CT molecular complexity index is 2260. The number of amides is 1. The lowest BCUT2D eigenvalue weighted by atomic mass is 10.1. The molecule has 4 aromatic heterocycles. The number of nitrogens with one attached hydrogen (secondary N) is 1. The molecule has 2 aliphatic rings. The van der Waals surface area contributed by atoms with Gasteiger partial charge < -0.3 is 33.8 Å². The maximum Gasteiger partial charge on any atom is 0.388 e. The van der Waals surface area contributed by atoms with E-state index in [-0.39, 0.29) is 36.4 Å². The maximum absolute atomic E-state index is 13.8. The quantitative estimate of drug-likeness (QED) is 0.0708. The van der Waals surface area contributed by atoms with E-state index in [2.05, 4.69) is 47.5 Å². The first-order valence-electron chi connectivity index (χ1n) is 15.8. The number of nitriles is 1. The Morgan fingerprint density at radius 1 is 1.08 bits per heavy atom. The van der Waals surface area contributed by atoms with Gasteiger partial charge in [0.25, 0.3) is 5.91 Å². The topological polar surface area (TPSA) is 253 Å². The first kappa shape index (κ1) is 37.5. The van der Waals surface area contributed by atoms with Crippen molar-refractivity contribution in [3.05, 3.63) is 67.4 Å². The van der Waals surface area contributed by atoms with Gasteiger partial charge in [-0.1, -0.05) is 30.4 Å². The first-order chi connectivity index (χ1) is 25.4. The number of anilines is 1. The predicted molar refractivity (Wildman–Crippen MR) is 189 cm³/mol. The van der Waals surface area contributed by atoms with Crippen molar-refractivity contribution >= 4 is 71.6 Å². The lowest BCUT2D eigenvalue weighted by Crippen LogP contribution is -2.44. The molecule has 7 atom stereocenters. The van der Waals surface area contributed by atoms with E-state index < -0.39 is 56.7 Å². The van der Waals surface area contributed by atoms with Crippen molar-refractivity contribution in [2.24, 2.45) is 0 Å². The molecule has 0 spiro atoms. The average Bonchev–Trinajstić information content (AvgIpc) is 3.94. The van der Waals surface area contributed by atoms with Gasteiger partial charge in [-0.25, -0.2) is 34.5 Å². The molecule has 7 rings (SSSR count). The Labute approximate surface area is 310 Å². The van der Waals surface area contributed by atoms with E-state index in [1.54, 1.807) is 47.4 Å². The van der Waals surface area contributed by atoms with E-state index in [0.717, 1.165) is 0 Å². The molecule has 20 nitrogen and oxygen atoms in total. The van der Waals surface area contributed by atoms with Gasteiger partial charge in [0, 0.05) is 18.4 Å². The molecule has 0 aliphatic carbocycles. The van der Waals surface area contributed by atoms with Gasteiger partial charge in [-0.3, -0.25) is 23.0 Å². The van der Waals surface area contributed by atoms with Crippen LogP contribution in [0.15, 0.2) is 61.8 Å². The second kappa shape index (κ2) is 15.5. The largest absolute Gasteiger partial charge is 0.388 e. The van der Waals surface area contributed by atoms with Gasteiger partial charge in [-0.15, -0.1) is 0 Å². The molecule has 0 saturated carbocycles. The van der Waals surface area contributed by atoms with Gasteiger partial charge in [0.05, 0.1) is 37.9 Å². The lowest BCUT2D eigenvalue weighted by Gasteiger charge is -2.31. The van der Waals surface area contributed by atoms with Crippen LogP contribution in [0.2, 0.25) is 0 Å². The summed E-state index contributed by atoms with van der Waals surface area (Å²) in [4.78, 5) is 48.7. The van der Waals surface area contributed by atoms with Crippen LogP contribution >= 0.6 is 25.8 Å². The minimum absolute atomic E-state index is 0.0741. The van der Waals surface area contributed by atoms with Crippen LogP contribution in [0.4, 0.5) is 5.82 Å².